The molecule has 1 aromatic heterocycles. The Morgan fingerprint density at radius 2 is 1.71 bits per heavy atom. The molecule has 0 bridgehead atoms. The predicted molar refractivity (Wildman–Crippen MR) is 125 cm³/mol. The molecule has 12 heteroatoms. The Labute approximate surface area is 202 Å². The number of piperidine rings is 1. The van der Waals surface area contributed by atoms with Crippen molar-refractivity contribution in [1.82, 2.24) is 14.2 Å². The Hall–Kier alpha value is -2.41. The molecule has 3 aliphatic rings. The number of carbonyl (C=O) groups excluding carboxylic acids is 1. The van der Waals surface area contributed by atoms with Gasteiger partial charge in [-0.25, -0.2) is 17.2 Å². The zero-order chi connectivity index (χ0) is 24.8. The molecule has 3 aliphatic heterocycles. The van der Waals surface area contributed by atoms with Gasteiger partial charge in [0.05, 0.1) is 30.2 Å². The van der Waals surface area contributed by atoms with Crippen LogP contribution in [-0.4, -0.2) is 92.5 Å². The second kappa shape index (κ2) is 9.23. The van der Waals surface area contributed by atoms with E-state index in [1.807, 2.05) is 4.90 Å². The third-order valence-electron chi connectivity index (χ3n) is 7.03. The number of hydrogen-bond acceptors (Lipinski definition) is 7. The van der Waals surface area contributed by atoms with Crippen molar-refractivity contribution >= 4 is 32.5 Å². The second-order valence-electron chi connectivity index (χ2n) is 8.99. The van der Waals surface area contributed by atoms with Crippen molar-refractivity contribution in [3.05, 3.63) is 35.5 Å². The fourth-order valence-corrected chi connectivity index (χ4v) is 6.17. The fourth-order valence-electron chi connectivity index (χ4n) is 5.09. The van der Waals surface area contributed by atoms with Gasteiger partial charge in [0, 0.05) is 69.8 Å². The highest BCUT2D eigenvalue weighted by Crippen LogP contribution is 2.38. The maximum Gasteiger partial charge on any atom is 0.257 e. The molecule has 3 saturated heterocycles. The Bertz CT molecular complexity index is 1230. The normalized spacial score (nSPS) is 21.2. The summed E-state index contributed by atoms with van der Waals surface area (Å²) in [6.07, 6.45) is 2.44. The molecule has 0 unspecified atom stereocenters. The van der Waals surface area contributed by atoms with E-state index < -0.39 is 27.4 Å². The van der Waals surface area contributed by atoms with E-state index in [1.54, 1.807) is 11.8 Å². The number of hydrogen-bond donors (Lipinski definition) is 0. The van der Waals surface area contributed by atoms with E-state index in [1.165, 1.54) is 16.6 Å². The SMILES string of the molecule is CCS(=O)(=O)N1CCN(C(=O)c2cnc3c(F)cc(F)cc3c2N2CCC3(CC2)OCCO3)CC1. The van der Waals surface area contributed by atoms with Crippen molar-refractivity contribution in [3.63, 3.8) is 0 Å². The van der Waals surface area contributed by atoms with Crippen molar-refractivity contribution in [2.45, 2.75) is 25.6 Å². The molecule has 3 fully saturated rings. The number of piperazine rings is 1. The maximum absolute atomic E-state index is 14.6. The molecule has 0 aliphatic carbocycles. The Balaban J connectivity index is 1.48. The van der Waals surface area contributed by atoms with E-state index in [9.17, 15) is 22.0 Å². The molecule has 35 heavy (non-hydrogen) atoms. The summed E-state index contributed by atoms with van der Waals surface area (Å²) in [6, 6.07) is 1.98. The summed E-state index contributed by atoms with van der Waals surface area (Å²) in [5.74, 6) is -2.55. The lowest BCUT2D eigenvalue weighted by Gasteiger charge is -2.40. The molecule has 1 aromatic carbocycles. The monoisotopic (exact) mass is 510 g/mol. The van der Waals surface area contributed by atoms with Gasteiger partial charge in [0.1, 0.15) is 11.3 Å². The van der Waals surface area contributed by atoms with Crippen LogP contribution in [0.3, 0.4) is 0 Å². The number of anilines is 1. The van der Waals surface area contributed by atoms with Crippen molar-refractivity contribution in [3.8, 4) is 0 Å². The van der Waals surface area contributed by atoms with Crippen LogP contribution >= 0.6 is 0 Å². The zero-order valence-electron chi connectivity index (χ0n) is 19.5. The lowest BCUT2D eigenvalue weighted by Crippen LogP contribution is -2.51. The summed E-state index contributed by atoms with van der Waals surface area (Å²) in [4.78, 5) is 21.3. The van der Waals surface area contributed by atoms with Crippen LogP contribution in [0.1, 0.15) is 30.1 Å². The third-order valence-corrected chi connectivity index (χ3v) is 8.91. The number of pyridine rings is 1. The highest BCUT2D eigenvalue weighted by atomic mass is 32.2. The molecule has 0 saturated carbocycles. The molecule has 0 atom stereocenters. The number of fused-ring (bicyclic) bond motifs is 1. The molecule has 1 amide bonds. The van der Waals surface area contributed by atoms with Gasteiger partial charge in [0.15, 0.2) is 11.6 Å². The lowest BCUT2D eigenvalue weighted by atomic mass is 9.99. The van der Waals surface area contributed by atoms with Gasteiger partial charge in [-0.2, -0.15) is 4.31 Å². The fraction of sp³-hybridized carbons (Fsp3) is 0.565. The maximum atomic E-state index is 14.6. The van der Waals surface area contributed by atoms with Crippen LogP contribution in [0, 0.1) is 11.6 Å². The molecule has 0 radical (unpaired) electrons. The van der Waals surface area contributed by atoms with Gasteiger partial charge >= 0.3 is 0 Å². The van der Waals surface area contributed by atoms with E-state index in [-0.39, 0.29) is 54.3 Å². The molecule has 2 aromatic rings. The van der Waals surface area contributed by atoms with Crippen molar-refractivity contribution in [2.24, 2.45) is 0 Å². The lowest BCUT2D eigenvalue weighted by molar-refractivity contribution is -0.169. The van der Waals surface area contributed by atoms with Crippen LogP contribution in [-0.2, 0) is 19.5 Å². The molecule has 0 N–H and O–H groups in total. The third kappa shape index (κ3) is 4.48. The van der Waals surface area contributed by atoms with E-state index in [2.05, 4.69) is 4.98 Å². The van der Waals surface area contributed by atoms with Gasteiger partial charge in [-0.05, 0) is 13.0 Å². The number of carbonyl (C=O) groups is 1. The van der Waals surface area contributed by atoms with Crippen LogP contribution in [0.4, 0.5) is 14.5 Å². The first-order chi connectivity index (χ1) is 16.7. The standard InChI is InChI=1S/C23H28F2N4O5S/c1-2-35(31,32)29-9-7-28(8-10-29)22(30)18-15-26-20-17(13-16(24)14-19(20)25)21(18)27-5-3-23(4-6-27)33-11-12-34-23/h13-15H,2-12H2,1H3. The number of halogens is 2. The van der Waals surface area contributed by atoms with Crippen molar-refractivity contribution < 1.29 is 31.5 Å². The largest absolute Gasteiger partial charge is 0.370 e. The summed E-state index contributed by atoms with van der Waals surface area (Å²) < 4.78 is 66.2. The topological polar surface area (TPSA) is 92.3 Å². The van der Waals surface area contributed by atoms with Crippen molar-refractivity contribution in [1.29, 1.82) is 0 Å². The van der Waals surface area contributed by atoms with Gasteiger partial charge < -0.3 is 19.3 Å². The highest BCUT2D eigenvalue weighted by molar-refractivity contribution is 7.89. The van der Waals surface area contributed by atoms with Crippen LogP contribution in [0.15, 0.2) is 18.3 Å². The molecule has 4 heterocycles. The summed E-state index contributed by atoms with van der Waals surface area (Å²) in [5.41, 5.74) is 0.652. The van der Waals surface area contributed by atoms with E-state index in [0.717, 1.165) is 6.07 Å². The zero-order valence-corrected chi connectivity index (χ0v) is 20.3. The number of sulfonamides is 1. The summed E-state index contributed by atoms with van der Waals surface area (Å²) in [6.45, 7) is 4.42. The minimum Gasteiger partial charge on any atom is -0.370 e. The number of nitrogens with zero attached hydrogens (tertiary/aromatic N) is 4. The number of benzene rings is 1. The second-order valence-corrected chi connectivity index (χ2v) is 11.2. The summed E-state index contributed by atoms with van der Waals surface area (Å²) in [7, 11) is -3.34. The summed E-state index contributed by atoms with van der Waals surface area (Å²) in [5, 5.41) is 0.227. The molecule has 1 spiro atoms. The van der Waals surface area contributed by atoms with Gasteiger partial charge in [0.25, 0.3) is 5.91 Å². The minimum absolute atomic E-state index is 0.000692. The van der Waals surface area contributed by atoms with Crippen molar-refractivity contribution in [2.75, 3.05) is 63.1 Å². The van der Waals surface area contributed by atoms with E-state index >= 15 is 0 Å². The Morgan fingerprint density at radius 3 is 2.34 bits per heavy atom. The average molecular weight is 511 g/mol. The first kappa shape index (κ1) is 24.3. The smallest absolute Gasteiger partial charge is 0.257 e. The molecule has 5 rings (SSSR count). The van der Waals surface area contributed by atoms with Gasteiger partial charge in [-0.3, -0.25) is 9.78 Å². The molecular weight excluding hydrogens is 482 g/mol. The van der Waals surface area contributed by atoms with Crippen LogP contribution in [0.2, 0.25) is 0 Å². The van der Waals surface area contributed by atoms with Crippen LogP contribution in [0.5, 0.6) is 0 Å². The van der Waals surface area contributed by atoms with E-state index in [0.29, 0.717) is 44.8 Å². The first-order valence-corrected chi connectivity index (χ1v) is 13.4. The van der Waals surface area contributed by atoms with Gasteiger partial charge in [-0.1, -0.05) is 0 Å². The molecule has 190 valence electrons. The average Bonchev–Trinajstić information content (AvgIpc) is 3.31. The molecular formula is C23H28F2N4O5S. The molecule has 9 nitrogen and oxygen atoms in total. The number of aromatic nitrogens is 1. The Morgan fingerprint density at radius 1 is 1.06 bits per heavy atom. The van der Waals surface area contributed by atoms with Gasteiger partial charge in [-0.15, -0.1) is 0 Å². The first-order valence-electron chi connectivity index (χ1n) is 11.8. The summed E-state index contributed by atoms with van der Waals surface area (Å²) >= 11 is 0. The number of rotatable bonds is 4. The Kier molecular flexibility index (Phi) is 6.41. The van der Waals surface area contributed by atoms with Gasteiger partial charge in [0.2, 0.25) is 10.0 Å². The van der Waals surface area contributed by atoms with E-state index in [4.69, 9.17) is 9.47 Å². The predicted octanol–water partition coefficient (Wildman–Crippen LogP) is 1.96. The highest BCUT2D eigenvalue weighted by Gasteiger charge is 2.41. The minimum atomic E-state index is -3.34. The number of amides is 1. The number of ether oxygens (including phenoxy) is 2. The van der Waals surface area contributed by atoms with Crippen LogP contribution in [0.25, 0.3) is 10.9 Å². The quantitative estimate of drug-likeness (QED) is 0.621. The van der Waals surface area contributed by atoms with Crippen LogP contribution < -0.4 is 4.90 Å².